The average molecular weight is 193 g/mol. The Morgan fingerprint density at radius 1 is 1.54 bits per heavy atom. The van der Waals surface area contributed by atoms with Gasteiger partial charge >= 0.3 is 5.97 Å². The Kier molecular flexibility index (Phi) is 1.98. The molecule has 0 amide bonds. The van der Waals surface area contributed by atoms with Gasteiger partial charge in [-0.05, 0) is 12.1 Å². The second-order valence-corrected chi connectivity index (χ2v) is 3.38. The van der Waals surface area contributed by atoms with Crippen molar-refractivity contribution in [1.82, 2.24) is 4.98 Å². The van der Waals surface area contributed by atoms with Crippen molar-refractivity contribution in [1.29, 1.82) is 0 Å². The number of carbonyl (C=O) groups is 1. The van der Waals surface area contributed by atoms with Gasteiger partial charge in [0.1, 0.15) is 0 Å². The summed E-state index contributed by atoms with van der Waals surface area (Å²) in [7, 11) is 1.37. The molecular weight excluding hydrogens is 186 g/mol. The molecule has 0 fully saturated rings. The van der Waals surface area contributed by atoms with Crippen molar-refractivity contribution < 1.29 is 9.53 Å². The topological polar surface area (TPSA) is 39.2 Å². The smallest absolute Gasteiger partial charge is 0.340 e. The molecule has 1 heterocycles. The minimum Gasteiger partial charge on any atom is -0.465 e. The molecule has 0 N–H and O–H groups in total. The van der Waals surface area contributed by atoms with E-state index in [2.05, 4.69) is 9.72 Å². The SMILES string of the molecule is COC(=O)c1cccc2scnc12. The minimum atomic E-state index is -0.337. The third-order valence-corrected chi connectivity index (χ3v) is 2.56. The molecule has 0 saturated heterocycles. The van der Waals surface area contributed by atoms with Gasteiger partial charge in [0, 0.05) is 0 Å². The standard InChI is InChI=1S/C9H7NO2S/c1-12-9(11)6-3-2-4-7-8(6)10-5-13-7/h2-5H,1H3. The summed E-state index contributed by atoms with van der Waals surface area (Å²) >= 11 is 1.51. The number of hydrogen-bond donors (Lipinski definition) is 0. The molecule has 3 nitrogen and oxygen atoms in total. The highest BCUT2D eigenvalue weighted by atomic mass is 32.1. The Morgan fingerprint density at radius 2 is 2.38 bits per heavy atom. The third kappa shape index (κ3) is 1.29. The number of fused-ring (bicyclic) bond motifs is 1. The number of carbonyl (C=O) groups excluding carboxylic acids is 1. The predicted octanol–water partition coefficient (Wildman–Crippen LogP) is 2.08. The summed E-state index contributed by atoms with van der Waals surface area (Å²) in [5, 5.41) is 0. The Hall–Kier alpha value is -1.42. The van der Waals surface area contributed by atoms with Crippen LogP contribution in [0.3, 0.4) is 0 Å². The number of methoxy groups -OCH3 is 1. The lowest BCUT2D eigenvalue weighted by molar-refractivity contribution is 0.0603. The fourth-order valence-electron chi connectivity index (χ4n) is 1.16. The molecule has 2 rings (SSSR count). The first-order valence-corrected chi connectivity index (χ1v) is 4.61. The summed E-state index contributed by atoms with van der Waals surface area (Å²) in [6, 6.07) is 5.47. The molecule has 0 aliphatic carbocycles. The zero-order chi connectivity index (χ0) is 9.26. The highest BCUT2D eigenvalue weighted by molar-refractivity contribution is 7.16. The Balaban J connectivity index is 2.67. The van der Waals surface area contributed by atoms with Crippen molar-refractivity contribution in [3.8, 4) is 0 Å². The van der Waals surface area contributed by atoms with Gasteiger partial charge in [-0.3, -0.25) is 0 Å². The summed E-state index contributed by atoms with van der Waals surface area (Å²) in [4.78, 5) is 15.4. The first-order chi connectivity index (χ1) is 6.33. The van der Waals surface area contributed by atoms with Crippen LogP contribution in [-0.2, 0) is 4.74 Å². The molecule has 13 heavy (non-hydrogen) atoms. The van der Waals surface area contributed by atoms with Crippen LogP contribution in [0.2, 0.25) is 0 Å². The lowest BCUT2D eigenvalue weighted by atomic mass is 10.2. The molecule has 0 atom stereocenters. The van der Waals surface area contributed by atoms with Gasteiger partial charge in [-0.1, -0.05) is 6.07 Å². The van der Waals surface area contributed by atoms with E-state index in [9.17, 15) is 4.79 Å². The van der Waals surface area contributed by atoms with Gasteiger partial charge in [0.2, 0.25) is 0 Å². The molecule has 0 unspecified atom stereocenters. The molecule has 0 radical (unpaired) electrons. The van der Waals surface area contributed by atoms with E-state index in [-0.39, 0.29) is 5.97 Å². The van der Waals surface area contributed by atoms with Crippen LogP contribution in [0, 0.1) is 0 Å². The number of rotatable bonds is 1. The van der Waals surface area contributed by atoms with E-state index in [1.165, 1.54) is 18.4 Å². The van der Waals surface area contributed by atoms with Gasteiger partial charge in [-0.2, -0.15) is 0 Å². The van der Waals surface area contributed by atoms with Crippen LogP contribution in [0.5, 0.6) is 0 Å². The molecule has 1 aromatic heterocycles. The van der Waals surface area contributed by atoms with Crippen LogP contribution in [-0.4, -0.2) is 18.1 Å². The molecule has 0 saturated carbocycles. The number of hydrogen-bond acceptors (Lipinski definition) is 4. The molecule has 4 heteroatoms. The zero-order valence-electron chi connectivity index (χ0n) is 6.98. The van der Waals surface area contributed by atoms with E-state index in [1.807, 2.05) is 12.1 Å². The first kappa shape index (κ1) is 8.19. The van der Waals surface area contributed by atoms with E-state index in [1.54, 1.807) is 11.6 Å². The highest BCUT2D eigenvalue weighted by Gasteiger charge is 2.10. The van der Waals surface area contributed by atoms with Crippen molar-refractivity contribution in [3.63, 3.8) is 0 Å². The second kappa shape index (κ2) is 3.14. The van der Waals surface area contributed by atoms with Gasteiger partial charge in [-0.15, -0.1) is 11.3 Å². The van der Waals surface area contributed by atoms with E-state index >= 15 is 0 Å². The number of esters is 1. The predicted molar refractivity (Wildman–Crippen MR) is 51.0 cm³/mol. The van der Waals surface area contributed by atoms with E-state index < -0.39 is 0 Å². The van der Waals surface area contributed by atoms with Crippen molar-refractivity contribution in [2.45, 2.75) is 0 Å². The van der Waals surface area contributed by atoms with Gasteiger partial charge in [-0.25, -0.2) is 9.78 Å². The molecular formula is C9H7NO2S. The van der Waals surface area contributed by atoms with Crippen LogP contribution in [0.4, 0.5) is 0 Å². The van der Waals surface area contributed by atoms with Crippen molar-refractivity contribution >= 4 is 27.5 Å². The monoisotopic (exact) mass is 193 g/mol. The lowest BCUT2D eigenvalue weighted by Crippen LogP contribution is -2.01. The van der Waals surface area contributed by atoms with Crippen LogP contribution in [0.25, 0.3) is 10.2 Å². The number of aromatic nitrogens is 1. The van der Waals surface area contributed by atoms with Crippen LogP contribution >= 0.6 is 11.3 Å². The molecule has 0 spiro atoms. The van der Waals surface area contributed by atoms with Gasteiger partial charge in [0.05, 0.1) is 28.4 Å². The molecule has 0 bridgehead atoms. The van der Waals surface area contributed by atoms with E-state index in [4.69, 9.17) is 0 Å². The number of para-hydroxylation sites is 1. The second-order valence-electron chi connectivity index (χ2n) is 2.50. The quantitative estimate of drug-likeness (QED) is 0.651. The van der Waals surface area contributed by atoms with Crippen molar-refractivity contribution in [2.24, 2.45) is 0 Å². The molecule has 0 aliphatic rings. The maximum Gasteiger partial charge on any atom is 0.340 e. The molecule has 1 aromatic carbocycles. The number of ether oxygens (including phenoxy) is 1. The molecule has 2 aromatic rings. The molecule has 0 aliphatic heterocycles. The highest BCUT2D eigenvalue weighted by Crippen LogP contribution is 2.21. The lowest BCUT2D eigenvalue weighted by Gasteiger charge is -1.98. The van der Waals surface area contributed by atoms with Gasteiger partial charge < -0.3 is 4.74 Å². The fourth-order valence-corrected chi connectivity index (χ4v) is 1.86. The average Bonchev–Trinajstić information content (AvgIpc) is 2.63. The van der Waals surface area contributed by atoms with Crippen molar-refractivity contribution in [2.75, 3.05) is 7.11 Å². The zero-order valence-corrected chi connectivity index (χ0v) is 7.80. The van der Waals surface area contributed by atoms with Crippen LogP contribution in [0.1, 0.15) is 10.4 Å². The number of benzene rings is 1. The fraction of sp³-hybridized carbons (Fsp3) is 0.111. The van der Waals surface area contributed by atoms with E-state index in [0.717, 1.165) is 10.2 Å². The van der Waals surface area contributed by atoms with E-state index in [0.29, 0.717) is 5.56 Å². The minimum absolute atomic E-state index is 0.337. The summed E-state index contributed by atoms with van der Waals surface area (Å²) in [6.45, 7) is 0. The van der Waals surface area contributed by atoms with Crippen molar-refractivity contribution in [3.05, 3.63) is 29.3 Å². The number of thiazole rings is 1. The third-order valence-electron chi connectivity index (χ3n) is 1.77. The maximum atomic E-state index is 11.3. The largest absolute Gasteiger partial charge is 0.465 e. The number of nitrogens with zero attached hydrogens (tertiary/aromatic N) is 1. The Morgan fingerprint density at radius 3 is 3.15 bits per heavy atom. The summed E-state index contributed by atoms with van der Waals surface area (Å²) < 4.78 is 5.64. The summed E-state index contributed by atoms with van der Waals surface area (Å²) in [5.74, 6) is -0.337. The Bertz CT molecular complexity index is 450. The first-order valence-electron chi connectivity index (χ1n) is 3.73. The van der Waals surface area contributed by atoms with Gasteiger partial charge in [0.25, 0.3) is 0 Å². The molecule has 66 valence electrons. The van der Waals surface area contributed by atoms with Gasteiger partial charge in [0.15, 0.2) is 0 Å². The van der Waals surface area contributed by atoms with Crippen LogP contribution < -0.4 is 0 Å². The summed E-state index contributed by atoms with van der Waals surface area (Å²) in [5.41, 5.74) is 2.97. The maximum absolute atomic E-state index is 11.3. The Labute approximate surface area is 79.0 Å². The normalized spacial score (nSPS) is 10.2. The summed E-state index contributed by atoms with van der Waals surface area (Å²) in [6.07, 6.45) is 0. The van der Waals surface area contributed by atoms with Crippen LogP contribution in [0.15, 0.2) is 23.7 Å².